The Bertz CT molecular complexity index is 1000. The molecule has 0 fully saturated rings. The van der Waals surface area contributed by atoms with E-state index in [0.29, 0.717) is 11.4 Å². The molecule has 0 atom stereocenters. The van der Waals surface area contributed by atoms with Crippen LogP contribution in [0.15, 0.2) is 48.5 Å². The number of aldehydes is 1. The Morgan fingerprint density at radius 1 is 1.18 bits per heavy atom. The summed E-state index contributed by atoms with van der Waals surface area (Å²) in [5.74, 6) is 0.746. The highest BCUT2D eigenvalue weighted by Crippen LogP contribution is 2.33. The van der Waals surface area contributed by atoms with Crippen molar-refractivity contribution >= 4 is 32.8 Å². The lowest BCUT2D eigenvalue weighted by Crippen LogP contribution is -1.92. The monoisotopic (exact) mass is 308 g/mol. The first-order chi connectivity index (χ1) is 10.8. The first-order valence-corrected chi connectivity index (χ1v) is 7.63. The fourth-order valence-corrected chi connectivity index (χ4v) is 3.66. The fourth-order valence-electron chi connectivity index (χ4n) is 2.63. The van der Waals surface area contributed by atoms with Gasteiger partial charge in [-0.3, -0.25) is 9.20 Å². The van der Waals surface area contributed by atoms with Crippen LogP contribution in [0.4, 0.5) is 0 Å². The molecule has 0 aliphatic heterocycles. The van der Waals surface area contributed by atoms with Crippen molar-refractivity contribution in [2.75, 3.05) is 7.11 Å². The quantitative estimate of drug-likeness (QED) is 0.537. The van der Waals surface area contributed by atoms with Crippen LogP contribution in [-0.2, 0) is 0 Å². The zero-order chi connectivity index (χ0) is 15.1. The normalized spacial score (nSPS) is 11.1. The van der Waals surface area contributed by atoms with Gasteiger partial charge in [-0.25, -0.2) is 4.98 Å². The van der Waals surface area contributed by atoms with E-state index in [1.807, 2.05) is 52.9 Å². The van der Waals surface area contributed by atoms with Crippen LogP contribution in [0, 0.1) is 0 Å². The van der Waals surface area contributed by atoms with Crippen LogP contribution >= 0.6 is 11.3 Å². The molecule has 0 bridgehead atoms. The smallest absolute Gasteiger partial charge is 0.195 e. The van der Waals surface area contributed by atoms with Crippen molar-refractivity contribution in [1.82, 2.24) is 9.38 Å². The maximum atomic E-state index is 11.7. The number of carbonyl (C=O) groups excluding carboxylic acids is 1. The lowest BCUT2D eigenvalue weighted by Gasteiger charge is -2.03. The molecule has 4 rings (SSSR count). The van der Waals surface area contributed by atoms with Gasteiger partial charge in [-0.2, -0.15) is 0 Å². The van der Waals surface area contributed by atoms with Crippen LogP contribution in [0.5, 0.6) is 5.75 Å². The van der Waals surface area contributed by atoms with Crippen molar-refractivity contribution in [3.8, 4) is 17.0 Å². The van der Waals surface area contributed by atoms with E-state index in [0.717, 1.165) is 32.8 Å². The molecule has 22 heavy (non-hydrogen) atoms. The van der Waals surface area contributed by atoms with Gasteiger partial charge in [0, 0.05) is 5.56 Å². The predicted molar refractivity (Wildman–Crippen MR) is 88.0 cm³/mol. The van der Waals surface area contributed by atoms with Crippen LogP contribution in [0.25, 0.3) is 26.4 Å². The summed E-state index contributed by atoms with van der Waals surface area (Å²) < 4.78 is 8.29. The summed E-state index contributed by atoms with van der Waals surface area (Å²) in [6.45, 7) is 0. The third kappa shape index (κ3) is 1.83. The molecule has 108 valence electrons. The minimum Gasteiger partial charge on any atom is -0.497 e. The van der Waals surface area contributed by atoms with Gasteiger partial charge in [-0.1, -0.05) is 35.6 Å². The number of methoxy groups -OCH3 is 1. The van der Waals surface area contributed by atoms with E-state index in [1.54, 1.807) is 18.4 Å². The van der Waals surface area contributed by atoms with Crippen LogP contribution < -0.4 is 4.74 Å². The van der Waals surface area contributed by atoms with Gasteiger partial charge >= 0.3 is 0 Å². The number of aromatic nitrogens is 2. The highest BCUT2D eigenvalue weighted by molar-refractivity contribution is 7.23. The number of rotatable bonds is 3. The average molecular weight is 308 g/mol. The summed E-state index contributed by atoms with van der Waals surface area (Å²) in [4.78, 5) is 17.2. The van der Waals surface area contributed by atoms with Crippen molar-refractivity contribution in [2.24, 2.45) is 0 Å². The predicted octanol–water partition coefficient (Wildman–Crippen LogP) is 4.04. The van der Waals surface area contributed by atoms with E-state index in [4.69, 9.17) is 4.74 Å². The zero-order valence-electron chi connectivity index (χ0n) is 11.8. The summed E-state index contributed by atoms with van der Waals surface area (Å²) in [6.07, 6.45) is 0.869. The molecule has 2 aromatic heterocycles. The van der Waals surface area contributed by atoms with Gasteiger partial charge in [0.15, 0.2) is 11.2 Å². The Hall–Kier alpha value is -2.66. The number of hydrogen-bond donors (Lipinski definition) is 0. The van der Waals surface area contributed by atoms with Gasteiger partial charge in [0.1, 0.15) is 17.1 Å². The van der Waals surface area contributed by atoms with Crippen LogP contribution in [0.2, 0.25) is 0 Å². The molecular weight excluding hydrogens is 296 g/mol. The van der Waals surface area contributed by atoms with Crippen molar-refractivity contribution in [2.45, 2.75) is 0 Å². The number of fused-ring (bicyclic) bond motifs is 3. The highest BCUT2D eigenvalue weighted by Gasteiger charge is 2.17. The Morgan fingerprint density at radius 3 is 2.86 bits per heavy atom. The number of nitrogens with zero attached hydrogens (tertiary/aromatic N) is 2. The Labute approximate surface area is 130 Å². The molecule has 0 unspecified atom stereocenters. The zero-order valence-corrected chi connectivity index (χ0v) is 12.6. The molecule has 0 amide bonds. The number of ether oxygens (including phenoxy) is 1. The lowest BCUT2D eigenvalue weighted by atomic mass is 10.1. The SMILES string of the molecule is COc1cccc(-c2nc3sc4ccccc4n3c2C=O)c1. The van der Waals surface area contributed by atoms with Gasteiger partial charge in [0.05, 0.1) is 17.3 Å². The first kappa shape index (κ1) is 13.0. The minimum atomic E-state index is 0.570. The Kier molecular flexibility index (Phi) is 2.94. The summed E-state index contributed by atoms with van der Waals surface area (Å²) in [6, 6.07) is 15.6. The van der Waals surface area contributed by atoms with Crippen molar-refractivity contribution in [1.29, 1.82) is 0 Å². The van der Waals surface area contributed by atoms with Gasteiger partial charge < -0.3 is 4.74 Å². The third-order valence-corrected chi connectivity index (χ3v) is 4.67. The van der Waals surface area contributed by atoms with Crippen LogP contribution in [0.3, 0.4) is 0 Å². The standard InChI is InChI=1S/C17H12N2O2S/c1-21-12-6-4-5-11(9-12)16-14(10-20)19-13-7-2-3-8-15(13)22-17(19)18-16/h2-10H,1H3. The summed E-state index contributed by atoms with van der Waals surface area (Å²) in [5.41, 5.74) is 3.14. The number of benzene rings is 2. The second kappa shape index (κ2) is 4.96. The van der Waals surface area contributed by atoms with Gasteiger partial charge in [0.25, 0.3) is 0 Å². The fraction of sp³-hybridized carbons (Fsp3) is 0.0588. The van der Waals surface area contributed by atoms with E-state index >= 15 is 0 Å². The van der Waals surface area contributed by atoms with E-state index in [2.05, 4.69) is 4.98 Å². The van der Waals surface area contributed by atoms with E-state index in [1.165, 1.54) is 0 Å². The molecule has 0 saturated carbocycles. The molecule has 2 aromatic carbocycles. The molecule has 2 heterocycles. The summed E-state index contributed by atoms with van der Waals surface area (Å²) in [7, 11) is 1.62. The maximum Gasteiger partial charge on any atom is 0.195 e. The molecule has 5 heteroatoms. The number of hydrogen-bond acceptors (Lipinski definition) is 4. The van der Waals surface area contributed by atoms with Gasteiger partial charge in [-0.15, -0.1) is 0 Å². The van der Waals surface area contributed by atoms with Crippen molar-refractivity contribution < 1.29 is 9.53 Å². The summed E-state index contributed by atoms with van der Waals surface area (Å²) in [5, 5.41) is 0. The molecule has 0 aliphatic rings. The number of imidazole rings is 1. The molecular formula is C17H12N2O2S. The highest BCUT2D eigenvalue weighted by atomic mass is 32.1. The largest absolute Gasteiger partial charge is 0.497 e. The summed E-state index contributed by atoms with van der Waals surface area (Å²) >= 11 is 1.58. The lowest BCUT2D eigenvalue weighted by molar-refractivity contribution is 0.111. The molecule has 0 spiro atoms. The molecule has 0 radical (unpaired) electrons. The number of para-hydroxylation sites is 1. The first-order valence-electron chi connectivity index (χ1n) is 6.81. The van der Waals surface area contributed by atoms with Gasteiger partial charge in [0.2, 0.25) is 0 Å². The molecule has 4 aromatic rings. The van der Waals surface area contributed by atoms with Crippen molar-refractivity contribution in [3.05, 3.63) is 54.2 Å². The Balaban J connectivity index is 2.04. The molecule has 0 N–H and O–H groups in total. The average Bonchev–Trinajstić information content (AvgIpc) is 3.10. The minimum absolute atomic E-state index is 0.570. The molecule has 4 nitrogen and oxygen atoms in total. The third-order valence-electron chi connectivity index (χ3n) is 3.64. The maximum absolute atomic E-state index is 11.7. The van der Waals surface area contributed by atoms with E-state index in [-0.39, 0.29) is 0 Å². The second-order valence-electron chi connectivity index (χ2n) is 4.88. The van der Waals surface area contributed by atoms with Crippen LogP contribution in [-0.4, -0.2) is 22.8 Å². The number of carbonyl (C=O) groups is 1. The van der Waals surface area contributed by atoms with Crippen molar-refractivity contribution in [3.63, 3.8) is 0 Å². The molecule has 0 aliphatic carbocycles. The second-order valence-corrected chi connectivity index (χ2v) is 5.89. The Morgan fingerprint density at radius 2 is 2.05 bits per heavy atom. The number of thiazole rings is 1. The van der Waals surface area contributed by atoms with E-state index in [9.17, 15) is 4.79 Å². The van der Waals surface area contributed by atoms with Gasteiger partial charge in [-0.05, 0) is 24.3 Å². The topological polar surface area (TPSA) is 43.6 Å². The molecule has 0 saturated heterocycles. The van der Waals surface area contributed by atoms with Crippen LogP contribution in [0.1, 0.15) is 10.5 Å². The van der Waals surface area contributed by atoms with E-state index < -0.39 is 0 Å².